The summed E-state index contributed by atoms with van der Waals surface area (Å²) in [7, 11) is 1.74. The molecule has 0 bridgehead atoms. The summed E-state index contributed by atoms with van der Waals surface area (Å²) < 4.78 is 23.7. The van der Waals surface area contributed by atoms with E-state index < -0.39 is 0 Å². The fraction of sp³-hybridized carbons (Fsp3) is 0.500. The number of piperidine rings is 1. The van der Waals surface area contributed by atoms with Gasteiger partial charge in [-0.05, 0) is 61.4 Å². The number of nitrogens with one attached hydrogen (secondary N) is 1. The quantitative estimate of drug-likeness (QED) is 0.209. The van der Waals surface area contributed by atoms with E-state index in [1.54, 1.807) is 23.9 Å². The Hall–Kier alpha value is -2.36. The molecule has 1 amide bonds. The summed E-state index contributed by atoms with van der Waals surface area (Å²) >= 11 is 7.09. The van der Waals surface area contributed by atoms with Crippen molar-refractivity contribution in [3.63, 3.8) is 0 Å². The Balaban J connectivity index is 1.81. The number of anilines is 1. The van der Waals surface area contributed by atoms with E-state index in [9.17, 15) is 9.18 Å². The van der Waals surface area contributed by atoms with Crippen LogP contribution in [0.4, 0.5) is 10.1 Å². The zero-order valence-electron chi connectivity index (χ0n) is 21.0. The van der Waals surface area contributed by atoms with Crippen LogP contribution in [-0.4, -0.2) is 59.1 Å². The van der Waals surface area contributed by atoms with Crippen LogP contribution in [0, 0.1) is 11.7 Å². The fourth-order valence-electron chi connectivity index (χ4n) is 4.53. The van der Waals surface area contributed by atoms with Gasteiger partial charge in [0.1, 0.15) is 11.5 Å². The lowest BCUT2D eigenvalue weighted by Crippen LogP contribution is -2.35. The van der Waals surface area contributed by atoms with Gasteiger partial charge in [-0.2, -0.15) is 5.10 Å². The molecule has 1 aliphatic rings. The van der Waals surface area contributed by atoms with Crippen molar-refractivity contribution in [1.82, 2.24) is 19.5 Å². The van der Waals surface area contributed by atoms with Crippen LogP contribution >= 0.6 is 23.5 Å². The number of ether oxygens (including phenoxy) is 1. The third kappa shape index (κ3) is 5.95. The standard InChI is InChI=1S/C26H33ClFN5O2S/c1-17(2)24-23-22(32-12-9-18(10-13-32)16-35-3)15-21(26(34)31-36-14-4-11-27)29-25(23)33(30-24)20-7-5-19(28)6-8-20/h5-8,15,17-18H,4,9-14,16H2,1-3H3,(H,31,34). The van der Waals surface area contributed by atoms with Crippen molar-refractivity contribution in [2.75, 3.05) is 43.3 Å². The minimum absolute atomic E-state index is 0.131. The molecular formula is C26H33ClFN5O2S. The van der Waals surface area contributed by atoms with E-state index in [-0.39, 0.29) is 17.6 Å². The number of methoxy groups -OCH3 is 1. The van der Waals surface area contributed by atoms with Crippen molar-refractivity contribution in [3.05, 3.63) is 47.5 Å². The molecule has 1 saturated heterocycles. The summed E-state index contributed by atoms with van der Waals surface area (Å²) in [5.74, 6) is 1.35. The first-order valence-corrected chi connectivity index (χ1v) is 13.9. The SMILES string of the molecule is COCC1CCN(c2cc(C(=O)NSCCCCl)nc3c2c(C(C)C)nn3-c2ccc(F)cc2)CC1. The minimum atomic E-state index is -0.319. The number of halogens is 2. The van der Waals surface area contributed by atoms with Crippen molar-refractivity contribution < 1.29 is 13.9 Å². The highest BCUT2D eigenvalue weighted by Gasteiger charge is 2.27. The summed E-state index contributed by atoms with van der Waals surface area (Å²) in [5, 5.41) is 5.85. The Morgan fingerprint density at radius 3 is 2.64 bits per heavy atom. The maximum absolute atomic E-state index is 13.7. The summed E-state index contributed by atoms with van der Waals surface area (Å²) in [6, 6.07) is 8.06. The van der Waals surface area contributed by atoms with Crippen LogP contribution in [0.2, 0.25) is 0 Å². The highest BCUT2D eigenvalue weighted by atomic mass is 35.5. The monoisotopic (exact) mass is 533 g/mol. The lowest BCUT2D eigenvalue weighted by molar-refractivity contribution is 0.0980. The number of nitrogens with zero attached hydrogens (tertiary/aromatic N) is 4. The second-order valence-corrected chi connectivity index (χ2v) is 10.6. The molecule has 1 aromatic carbocycles. The van der Waals surface area contributed by atoms with Gasteiger partial charge < -0.3 is 9.64 Å². The van der Waals surface area contributed by atoms with Gasteiger partial charge >= 0.3 is 0 Å². The molecule has 0 saturated carbocycles. The molecular weight excluding hydrogens is 501 g/mol. The highest BCUT2D eigenvalue weighted by molar-refractivity contribution is 7.97. The van der Waals surface area contributed by atoms with Crippen LogP contribution in [0.1, 0.15) is 55.2 Å². The number of fused-ring (bicyclic) bond motifs is 1. The summed E-state index contributed by atoms with van der Waals surface area (Å²) in [6.07, 6.45) is 2.82. The van der Waals surface area contributed by atoms with E-state index in [4.69, 9.17) is 26.4 Å². The second-order valence-electron chi connectivity index (χ2n) is 9.36. The van der Waals surface area contributed by atoms with Crippen molar-refractivity contribution in [2.24, 2.45) is 5.92 Å². The Bertz CT molecular complexity index is 1180. The molecule has 7 nitrogen and oxygen atoms in total. The van der Waals surface area contributed by atoms with E-state index in [0.717, 1.165) is 61.5 Å². The summed E-state index contributed by atoms with van der Waals surface area (Å²) in [4.78, 5) is 20.2. The second kappa shape index (κ2) is 12.3. The van der Waals surface area contributed by atoms with Gasteiger partial charge in [-0.15, -0.1) is 11.6 Å². The number of hydrogen-bond donors (Lipinski definition) is 1. The number of rotatable bonds is 10. The van der Waals surface area contributed by atoms with Crippen molar-refractivity contribution in [3.8, 4) is 5.69 Å². The molecule has 0 aliphatic carbocycles. The lowest BCUT2D eigenvalue weighted by atomic mass is 9.96. The number of carbonyl (C=O) groups excluding carboxylic acids is 1. The van der Waals surface area contributed by atoms with Crippen molar-refractivity contribution in [2.45, 2.75) is 39.0 Å². The Morgan fingerprint density at radius 1 is 1.28 bits per heavy atom. The zero-order chi connectivity index (χ0) is 25.7. The van der Waals surface area contributed by atoms with Crippen molar-refractivity contribution in [1.29, 1.82) is 0 Å². The van der Waals surface area contributed by atoms with Gasteiger partial charge in [0.25, 0.3) is 5.91 Å². The molecule has 0 unspecified atom stereocenters. The van der Waals surface area contributed by atoms with Crippen LogP contribution in [0.25, 0.3) is 16.7 Å². The molecule has 10 heteroatoms. The molecule has 0 spiro atoms. The summed E-state index contributed by atoms with van der Waals surface area (Å²) in [6.45, 7) is 6.67. The number of alkyl halides is 1. The number of hydrogen-bond acceptors (Lipinski definition) is 6. The predicted molar refractivity (Wildman–Crippen MR) is 145 cm³/mol. The van der Waals surface area contributed by atoms with Gasteiger partial charge in [0.2, 0.25) is 0 Å². The van der Waals surface area contributed by atoms with Gasteiger partial charge in [0.15, 0.2) is 5.65 Å². The molecule has 36 heavy (non-hydrogen) atoms. The Morgan fingerprint density at radius 2 is 2.00 bits per heavy atom. The van der Waals surface area contributed by atoms with Gasteiger partial charge in [-0.25, -0.2) is 14.1 Å². The van der Waals surface area contributed by atoms with E-state index >= 15 is 0 Å². The average Bonchev–Trinajstić information content (AvgIpc) is 3.27. The van der Waals surface area contributed by atoms with E-state index in [0.29, 0.717) is 28.8 Å². The summed E-state index contributed by atoms with van der Waals surface area (Å²) in [5.41, 5.74) is 3.48. The number of benzene rings is 1. The third-order valence-electron chi connectivity index (χ3n) is 6.40. The van der Waals surface area contributed by atoms with Gasteiger partial charge in [0, 0.05) is 38.4 Å². The molecule has 0 atom stereocenters. The van der Waals surface area contributed by atoms with Crippen LogP contribution in [-0.2, 0) is 4.74 Å². The van der Waals surface area contributed by atoms with Gasteiger partial charge in [0.05, 0.1) is 22.5 Å². The third-order valence-corrected chi connectivity index (χ3v) is 7.49. The zero-order valence-corrected chi connectivity index (χ0v) is 22.5. The average molecular weight is 534 g/mol. The number of carbonyl (C=O) groups is 1. The van der Waals surface area contributed by atoms with E-state index in [2.05, 4.69) is 23.5 Å². The van der Waals surface area contributed by atoms with E-state index in [1.807, 2.05) is 6.07 Å². The van der Waals surface area contributed by atoms with Gasteiger partial charge in [-0.3, -0.25) is 9.52 Å². The van der Waals surface area contributed by atoms with Crippen LogP contribution in [0.15, 0.2) is 30.3 Å². The molecule has 1 fully saturated rings. The fourth-order valence-corrected chi connectivity index (χ4v) is 5.45. The van der Waals surface area contributed by atoms with Crippen LogP contribution < -0.4 is 9.62 Å². The predicted octanol–water partition coefficient (Wildman–Crippen LogP) is 5.55. The van der Waals surface area contributed by atoms with E-state index in [1.165, 1.54) is 24.1 Å². The Labute approximate surface area is 220 Å². The number of amides is 1. The molecule has 4 rings (SSSR count). The van der Waals surface area contributed by atoms with Crippen LogP contribution in [0.5, 0.6) is 0 Å². The largest absolute Gasteiger partial charge is 0.384 e. The molecule has 3 aromatic rings. The first-order valence-electron chi connectivity index (χ1n) is 12.3. The molecule has 0 radical (unpaired) electrons. The van der Waals surface area contributed by atoms with Crippen LogP contribution in [0.3, 0.4) is 0 Å². The molecule has 3 heterocycles. The minimum Gasteiger partial charge on any atom is -0.384 e. The topological polar surface area (TPSA) is 72.3 Å². The molecule has 194 valence electrons. The molecule has 1 N–H and O–H groups in total. The normalized spacial score (nSPS) is 14.7. The number of aromatic nitrogens is 3. The van der Waals surface area contributed by atoms with Crippen molar-refractivity contribution >= 4 is 46.2 Å². The maximum Gasteiger partial charge on any atom is 0.279 e. The first kappa shape index (κ1) is 26.7. The molecule has 2 aromatic heterocycles. The number of pyridine rings is 1. The smallest absolute Gasteiger partial charge is 0.279 e. The first-order chi connectivity index (χ1) is 17.4. The van der Waals surface area contributed by atoms with Gasteiger partial charge in [-0.1, -0.05) is 25.8 Å². The molecule has 1 aliphatic heterocycles. The highest BCUT2D eigenvalue weighted by Crippen LogP contribution is 2.36. The Kier molecular flexibility index (Phi) is 9.09. The lowest BCUT2D eigenvalue weighted by Gasteiger charge is -2.34. The maximum atomic E-state index is 13.7.